The van der Waals surface area contributed by atoms with Crippen LogP contribution in [-0.2, 0) is 11.0 Å². The molecule has 1 saturated heterocycles. The Kier molecular flexibility index (Phi) is 8.70. The molecule has 2 N–H and O–H groups in total. The number of nitrogens with one attached hydrogen (secondary N) is 2. The highest BCUT2D eigenvalue weighted by Gasteiger charge is 2.35. The van der Waals surface area contributed by atoms with Crippen molar-refractivity contribution in [1.82, 2.24) is 15.5 Å². The summed E-state index contributed by atoms with van der Waals surface area (Å²) in [7, 11) is 0. The third-order valence-corrected chi connectivity index (χ3v) is 6.12. The van der Waals surface area contributed by atoms with Crippen molar-refractivity contribution in [2.24, 2.45) is 11.8 Å². The molecular formula is C26H29F4N3O3. The minimum atomic E-state index is -4.48. The summed E-state index contributed by atoms with van der Waals surface area (Å²) in [5.41, 5.74) is -0.463. The number of alkyl halides is 3. The maximum Gasteiger partial charge on any atom is 0.416 e. The van der Waals surface area contributed by atoms with Crippen LogP contribution in [0.3, 0.4) is 0 Å². The molecule has 0 saturated carbocycles. The molecule has 2 aromatic carbocycles. The second-order valence-corrected chi connectivity index (χ2v) is 9.30. The Bertz CT molecular complexity index is 1060. The second-order valence-electron chi connectivity index (χ2n) is 9.30. The fourth-order valence-electron chi connectivity index (χ4n) is 4.06. The number of benzene rings is 2. The average Bonchev–Trinajstić information content (AvgIpc) is 2.85. The van der Waals surface area contributed by atoms with E-state index >= 15 is 0 Å². The molecule has 1 aliphatic rings. The van der Waals surface area contributed by atoms with Gasteiger partial charge in [0.15, 0.2) is 0 Å². The van der Waals surface area contributed by atoms with Gasteiger partial charge in [0.05, 0.1) is 5.56 Å². The predicted octanol–water partition coefficient (Wildman–Crippen LogP) is 4.27. The first kappa shape index (κ1) is 27.2. The van der Waals surface area contributed by atoms with E-state index in [9.17, 15) is 31.9 Å². The summed E-state index contributed by atoms with van der Waals surface area (Å²) >= 11 is 0. The van der Waals surface area contributed by atoms with Crippen molar-refractivity contribution in [3.05, 3.63) is 71.0 Å². The minimum absolute atomic E-state index is 0.150. The molecule has 1 fully saturated rings. The zero-order chi connectivity index (χ0) is 26.5. The maximum absolute atomic E-state index is 13.2. The van der Waals surface area contributed by atoms with Gasteiger partial charge in [-0.25, -0.2) is 4.39 Å². The van der Waals surface area contributed by atoms with Crippen molar-refractivity contribution >= 4 is 17.7 Å². The molecule has 0 bridgehead atoms. The van der Waals surface area contributed by atoms with Crippen molar-refractivity contribution in [2.75, 3.05) is 19.6 Å². The third-order valence-electron chi connectivity index (χ3n) is 6.12. The molecule has 6 nitrogen and oxygen atoms in total. The maximum atomic E-state index is 13.2. The highest BCUT2D eigenvalue weighted by molar-refractivity contribution is 5.97. The number of piperidine rings is 1. The SMILES string of the molecule is CC(C)CNC(=O)[C@@H](NC(=O)c1ccc(F)cc1)C1CCN(C(=O)c2ccc(C(F)(F)F)cc2)CC1. The van der Waals surface area contributed by atoms with Crippen LogP contribution in [0.25, 0.3) is 0 Å². The molecule has 1 aliphatic heterocycles. The van der Waals surface area contributed by atoms with Gasteiger partial charge in [-0.15, -0.1) is 0 Å². The van der Waals surface area contributed by atoms with Crippen LogP contribution >= 0.6 is 0 Å². The van der Waals surface area contributed by atoms with Gasteiger partial charge in [0.2, 0.25) is 5.91 Å². The van der Waals surface area contributed by atoms with E-state index in [1.807, 2.05) is 13.8 Å². The van der Waals surface area contributed by atoms with Crippen LogP contribution < -0.4 is 10.6 Å². The molecule has 0 radical (unpaired) electrons. The van der Waals surface area contributed by atoms with E-state index in [-0.39, 0.29) is 42.0 Å². The van der Waals surface area contributed by atoms with Gasteiger partial charge in [-0.2, -0.15) is 13.2 Å². The molecule has 0 aromatic heterocycles. The van der Waals surface area contributed by atoms with E-state index < -0.39 is 35.4 Å². The Labute approximate surface area is 207 Å². The van der Waals surface area contributed by atoms with Gasteiger partial charge < -0.3 is 15.5 Å². The first-order chi connectivity index (χ1) is 17.0. The predicted molar refractivity (Wildman–Crippen MR) is 126 cm³/mol. The van der Waals surface area contributed by atoms with Crippen LogP contribution in [0, 0.1) is 17.7 Å². The average molecular weight is 508 g/mol. The molecule has 2 aromatic rings. The molecule has 194 valence electrons. The number of amides is 3. The van der Waals surface area contributed by atoms with Gasteiger partial charge in [-0.3, -0.25) is 14.4 Å². The van der Waals surface area contributed by atoms with E-state index in [2.05, 4.69) is 10.6 Å². The summed E-state index contributed by atoms with van der Waals surface area (Å²) in [6, 6.07) is 8.19. The third kappa shape index (κ3) is 7.05. The topological polar surface area (TPSA) is 78.5 Å². The van der Waals surface area contributed by atoms with Gasteiger partial charge in [0, 0.05) is 30.8 Å². The lowest BCUT2D eigenvalue weighted by Gasteiger charge is -2.36. The Morgan fingerprint density at radius 2 is 1.50 bits per heavy atom. The quantitative estimate of drug-likeness (QED) is 0.550. The Balaban J connectivity index is 1.67. The first-order valence-corrected chi connectivity index (χ1v) is 11.8. The van der Waals surface area contributed by atoms with Gasteiger partial charge in [-0.1, -0.05) is 13.8 Å². The fraction of sp³-hybridized carbons (Fsp3) is 0.423. The van der Waals surface area contributed by atoms with Crippen LogP contribution in [0.15, 0.2) is 48.5 Å². The van der Waals surface area contributed by atoms with Crippen molar-refractivity contribution in [3.63, 3.8) is 0 Å². The molecule has 10 heteroatoms. The van der Waals surface area contributed by atoms with Crippen LogP contribution in [0.2, 0.25) is 0 Å². The monoisotopic (exact) mass is 507 g/mol. The molecule has 0 aliphatic carbocycles. The molecule has 1 atom stereocenters. The van der Waals surface area contributed by atoms with Crippen LogP contribution in [0.4, 0.5) is 17.6 Å². The van der Waals surface area contributed by atoms with Crippen molar-refractivity contribution < 1.29 is 31.9 Å². The molecule has 3 amide bonds. The number of hydrogen-bond acceptors (Lipinski definition) is 3. The minimum Gasteiger partial charge on any atom is -0.354 e. The zero-order valence-corrected chi connectivity index (χ0v) is 20.1. The Morgan fingerprint density at radius 3 is 2.03 bits per heavy atom. The van der Waals surface area contributed by atoms with E-state index in [4.69, 9.17) is 0 Å². The number of rotatable bonds is 7. The summed E-state index contributed by atoms with van der Waals surface area (Å²) < 4.78 is 51.6. The number of nitrogens with zero attached hydrogens (tertiary/aromatic N) is 1. The standard InChI is InChI=1S/C26H29F4N3O3/c1-16(2)15-31-24(35)22(32-23(34)18-5-9-21(27)10-6-18)17-11-13-33(14-12-17)25(36)19-3-7-20(8-4-19)26(28,29)30/h3-10,16-17,22H,11-15H2,1-2H3,(H,31,35)(H,32,34)/t22-/m0/s1. The van der Waals surface area contributed by atoms with Gasteiger partial charge >= 0.3 is 6.18 Å². The molecule has 0 spiro atoms. The first-order valence-electron chi connectivity index (χ1n) is 11.8. The fourth-order valence-corrected chi connectivity index (χ4v) is 4.06. The largest absolute Gasteiger partial charge is 0.416 e. The zero-order valence-electron chi connectivity index (χ0n) is 20.1. The van der Waals surface area contributed by atoms with Crippen LogP contribution in [-0.4, -0.2) is 48.3 Å². The molecule has 1 heterocycles. The lowest BCUT2D eigenvalue weighted by atomic mass is 9.88. The summed E-state index contributed by atoms with van der Waals surface area (Å²) in [5, 5.41) is 5.60. The summed E-state index contributed by atoms with van der Waals surface area (Å²) in [6.45, 7) is 4.87. The number of halogens is 4. The molecular weight excluding hydrogens is 478 g/mol. The van der Waals surface area contributed by atoms with E-state index in [1.54, 1.807) is 0 Å². The van der Waals surface area contributed by atoms with E-state index in [0.717, 1.165) is 36.4 Å². The van der Waals surface area contributed by atoms with Crippen molar-refractivity contribution in [3.8, 4) is 0 Å². The Morgan fingerprint density at radius 1 is 0.944 bits per heavy atom. The summed E-state index contributed by atoms with van der Waals surface area (Å²) in [5.74, 6) is -1.79. The lowest BCUT2D eigenvalue weighted by Crippen LogP contribution is -2.54. The molecule has 3 rings (SSSR count). The number of carbonyl (C=O) groups is 3. The Hall–Kier alpha value is -3.43. The van der Waals surface area contributed by atoms with E-state index in [1.165, 1.54) is 17.0 Å². The molecule has 36 heavy (non-hydrogen) atoms. The molecule has 0 unspecified atom stereocenters. The van der Waals surface area contributed by atoms with Gasteiger partial charge in [-0.05, 0) is 73.2 Å². The van der Waals surface area contributed by atoms with E-state index in [0.29, 0.717) is 19.4 Å². The normalized spacial score (nSPS) is 15.5. The van der Waals surface area contributed by atoms with Crippen molar-refractivity contribution in [2.45, 2.75) is 38.9 Å². The number of carbonyl (C=O) groups excluding carboxylic acids is 3. The van der Waals surface area contributed by atoms with Gasteiger partial charge in [0.1, 0.15) is 11.9 Å². The van der Waals surface area contributed by atoms with Crippen LogP contribution in [0.5, 0.6) is 0 Å². The lowest BCUT2D eigenvalue weighted by molar-refractivity contribution is -0.137. The second kappa shape index (κ2) is 11.5. The van der Waals surface area contributed by atoms with Crippen molar-refractivity contribution in [1.29, 1.82) is 0 Å². The number of likely N-dealkylation sites (tertiary alicyclic amines) is 1. The van der Waals surface area contributed by atoms with Gasteiger partial charge in [0.25, 0.3) is 11.8 Å². The smallest absolute Gasteiger partial charge is 0.354 e. The van der Waals surface area contributed by atoms with Crippen LogP contribution in [0.1, 0.15) is 53.0 Å². The number of hydrogen-bond donors (Lipinski definition) is 2. The highest BCUT2D eigenvalue weighted by atomic mass is 19.4. The highest BCUT2D eigenvalue weighted by Crippen LogP contribution is 2.29. The summed E-state index contributed by atoms with van der Waals surface area (Å²) in [4.78, 5) is 40.0. The summed E-state index contributed by atoms with van der Waals surface area (Å²) in [6.07, 6.45) is -3.66.